The van der Waals surface area contributed by atoms with Crippen molar-refractivity contribution in [2.45, 2.75) is 92.4 Å². The van der Waals surface area contributed by atoms with Gasteiger partial charge in [-0.25, -0.2) is 0 Å². The smallest absolute Gasteiger partial charge is 0.187 e. The molecule has 194 valence electrons. The zero-order valence-electron chi connectivity index (χ0n) is 17.4. The lowest BCUT2D eigenvalue weighted by atomic mass is 9.96. The molecule has 3 aliphatic heterocycles. The third kappa shape index (κ3) is 5.64. The minimum atomic E-state index is -1.82. The fourth-order valence-corrected chi connectivity index (χ4v) is 4.07. The number of ether oxygens (including phenoxy) is 5. The van der Waals surface area contributed by atoms with Crippen LogP contribution in [0.4, 0.5) is 0 Å². The molecule has 0 saturated carbocycles. The number of rotatable bonds is 7. The molecule has 3 aliphatic rings. The predicted molar refractivity (Wildman–Crippen MR) is 99.9 cm³/mol. The lowest BCUT2D eigenvalue weighted by Crippen LogP contribution is -2.65. The normalized spacial score (nSPS) is 51.5. The molecule has 0 radical (unpaired) electrons. The fourth-order valence-electron chi connectivity index (χ4n) is 4.07. The molecule has 0 amide bonds. The van der Waals surface area contributed by atoms with Gasteiger partial charge in [0, 0.05) is 6.42 Å². The van der Waals surface area contributed by atoms with Crippen molar-refractivity contribution in [1.29, 1.82) is 0 Å². The second kappa shape index (κ2) is 11.4. The molecule has 0 aliphatic carbocycles. The third-order valence-corrected chi connectivity index (χ3v) is 5.95. The van der Waals surface area contributed by atoms with Crippen LogP contribution in [-0.4, -0.2) is 157 Å². The highest BCUT2D eigenvalue weighted by Gasteiger charge is 2.52. The van der Waals surface area contributed by atoms with E-state index in [1.165, 1.54) is 0 Å². The van der Waals surface area contributed by atoms with E-state index in [9.17, 15) is 51.1 Å². The minimum absolute atomic E-state index is 0.251. The summed E-state index contributed by atoms with van der Waals surface area (Å²) in [6.45, 7) is -2.13. The molecule has 0 aromatic rings. The van der Waals surface area contributed by atoms with Crippen molar-refractivity contribution in [3.63, 3.8) is 0 Å². The van der Waals surface area contributed by atoms with Crippen LogP contribution in [0.2, 0.25) is 0 Å². The highest BCUT2D eigenvalue weighted by atomic mass is 16.7. The van der Waals surface area contributed by atoms with E-state index in [4.69, 9.17) is 23.7 Å². The molecular weight excluding hydrogens is 456 g/mol. The zero-order chi connectivity index (χ0) is 24.4. The minimum Gasteiger partial charge on any atom is -0.394 e. The monoisotopic (exact) mass is 488 g/mol. The van der Waals surface area contributed by atoms with Gasteiger partial charge in [-0.2, -0.15) is 0 Å². The van der Waals surface area contributed by atoms with Crippen LogP contribution < -0.4 is 0 Å². The van der Waals surface area contributed by atoms with Crippen molar-refractivity contribution in [2.24, 2.45) is 0 Å². The fraction of sp³-hybridized carbons (Fsp3) is 1.00. The first-order chi connectivity index (χ1) is 15.6. The van der Waals surface area contributed by atoms with E-state index in [-0.39, 0.29) is 6.42 Å². The second-order valence-corrected chi connectivity index (χ2v) is 8.22. The highest BCUT2D eigenvalue weighted by molar-refractivity contribution is 4.95. The molecule has 33 heavy (non-hydrogen) atoms. The van der Waals surface area contributed by atoms with Crippen LogP contribution in [-0.2, 0) is 23.7 Å². The maximum absolute atomic E-state index is 10.6. The van der Waals surface area contributed by atoms with Crippen molar-refractivity contribution in [3.8, 4) is 0 Å². The Morgan fingerprint density at radius 2 is 1.03 bits per heavy atom. The third-order valence-electron chi connectivity index (χ3n) is 5.95. The van der Waals surface area contributed by atoms with Crippen molar-refractivity contribution in [3.05, 3.63) is 0 Å². The molecule has 10 N–H and O–H groups in total. The molecule has 0 aromatic heterocycles. The Morgan fingerprint density at radius 1 is 0.545 bits per heavy atom. The average Bonchev–Trinajstić information content (AvgIpc) is 2.79. The van der Waals surface area contributed by atoms with Crippen LogP contribution in [0.25, 0.3) is 0 Å². The van der Waals surface area contributed by atoms with Gasteiger partial charge in [-0.1, -0.05) is 0 Å². The van der Waals surface area contributed by atoms with Gasteiger partial charge in [0.2, 0.25) is 0 Å². The highest BCUT2D eigenvalue weighted by Crippen LogP contribution is 2.31. The Hall–Kier alpha value is -0.600. The molecule has 0 unspecified atom stereocenters. The number of hydrogen-bond donors (Lipinski definition) is 10. The molecule has 3 rings (SSSR count). The molecule has 0 bridgehead atoms. The Labute approximate surface area is 187 Å². The molecule has 3 fully saturated rings. The maximum atomic E-state index is 10.6. The molecule has 15 heteroatoms. The summed E-state index contributed by atoms with van der Waals surface area (Å²) in [6, 6.07) is 0. The van der Waals surface area contributed by atoms with E-state index in [1.54, 1.807) is 0 Å². The summed E-state index contributed by atoms with van der Waals surface area (Å²) >= 11 is 0. The first kappa shape index (κ1) is 27.0. The van der Waals surface area contributed by atoms with E-state index < -0.39 is 106 Å². The summed E-state index contributed by atoms with van der Waals surface area (Å²) in [5.41, 5.74) is 0. The van der Waals surface area contributed by atoms with Crippen LogP contribution in [0.5, 0.6) is 0 Å². The quantitative estimate of drug-likeness (QED) is 0.160. The first-order valence-electron chi connectivity index (χ1n) is 10.5. The van der Waals surface area contributed by atoms with Gasteiger partial charge >= 0.3 is 0 Å². The number of aliphatic hydroxyl groups is 10. The van der Waals surface area contributed by atoms with Gasteiger partial charge < -0.3 is 74.7 Å². The van der Waals surface area contributed by atoms with Crippen molar-refractivity contribution < 1.29 is 74.7 Å². The van der Waals surface area contributed by atoms with Crippen LogP contribution in [0, 0.1) is 0 Å². The summed E-state index contributed by atoms with van der Waals surface area (Å²) in [5, 5.41) is 99.2. The lowest BCUT2D eigenvalue weighted by molar-refractivity contribution is -0.372. The number of aliphatic hydroxyl groups excluding tert-OH is 10. The SMILES string of the molecule is OC[C@H]1O[C@H](O[C@H]2[C@H](O)[C@@H](O)[C@@H](O[C@H]3[C@H](O)C[C@@H](O)O[C@@H]3CO)O[C@@H]2CO)[C@H](O)[C@@H](O)[C@@H]1O. The summed E-state index contributed by atoms with van der Waals surface area (Å²) in [5.74, 6) is 0. The second-order valence-electron chi connectivity index (χ2n) is 8.22. The molecule has 3 saturated heterocycles. The van der Waals surface area contributed by atoms with Crippen LogP contribution in [0.1, 0.15) is 6.42 Å². The van der Waals surface area contributed by atoms with Gasteiger partial charge in [0.25, 0.3) is 0 Å². The molecule has 0 aromatic carbocycles. The standard InChI is InChI=1S/C18H32O15/c19-2-6-10(24)11(25)13(27)17(30-6)33-16-8(4-21)31-18(14(28)12(16)26)32-15-5(22)1-9(23)29-7(15)3-20/h5-28H,1-4H2/t5-,6-,7-,8-,9+,10-,11+,12-,13-,14-,15+,16-,17-,18-/m1/s1. The van der Waals surface area contributed by atoms with E-state index >= 15 is 0 Å². The summed E-state index contributed by atoms with van der Waals surface area (Å²) in [4.78, 5) is 0. The summed E-state index contributed by atoms with van der Waals surface area (Å²) in [6.07, 6.45) is -21.6. The van der Waals surface area contributed by atoms with Gasteiger partial charge in [0.05, 0.1) is 25.9 Å². The molecule has 3 heterocycles. The number of hydrogen-bond acceptors (Lipinski definition) is 15. The van der Waals surface area contributed by atoms with Crippen molar-refractivity contribution in [2.75, 3.05) is 19.8 Å². The topological polar surface area (TPSA) is 248 Å². The molecule has 0 spiro atoms. The van der Waals surface area contributed by atoms with Gasteiger partial charge in [-0.15, -0.1) is 0 Å². The van der Waals surface area contributed by atoms with E-state index in [0.717, 1.165) is 0 Å². The Bertz CT molecular complexity index is 607. The van der Waals surface area contributed by atoms with Crippen LogP contribution in [0.15, 0.2) is 0 Å². The van der Waals surface area contributed by atoms with Crippen LogP contribution >= 0.6 is 0 Å². The predicted octanol–water partition coefficient (Wildman–Crippen LogP) is -6.54. The first-order valence-corrected chi connectivity index (χ1v) is 10.5. The van der Waals surface area contributed by atoms with E-state index in [1.807, 2.05) is 0 Å². The van der Waals surface area contributed by atoms with Gasteiger partial charge in [0.15, 0.2) is 18.9 Å². The van der Waals surface area contributed by atoms with Gasteiger partial charge in [0.1, 0.15) is 61.0 Å². The van der Waals surface area contributed by atoms with Gasteiger partial charge in [-0.3, -0.25) is 0 Å². The maximum Gasteiger partial charge on any atom is 0.187 e. The zero-order valence-corrected chi connectivity index (χ0v) is 17.4. The van der Waals surface area contributed by atoms with Gasteiger partial charge in [-0.05, 0) is 0 Å². The van der Waals surface area contributed by atoms with Crippen LogP contribution in [0.3, 0.4) is 0 Å². The Kier molecular flexibility index (Phi) is 9.35. The summed E-state index contributed by atoms with van der Waals surface area (Å²) < 4.78 is 26.7. The van der Waals surface area contributed by atoms with Crippen molar-refractivity contribution in [1.82, 2.24) is 0 Å². The Balaban J connectivity index is 1.70. The molecule has 14 atom stereocenters. The summed E-state index contributed by atoms with van der Waals surface area (Å²) in [7, 11) is 0. The van der Waals surface area contributed by atoms with Crippen molar-refractivity contribution >= 4 is 0 Å². The average molecular weight is 488 g/mol. The Morgan fingerprint density at radius 3 is 1.61 bits per heavy atom. The largest absolute Gasteiger partial charge is 0.394 e. The molecule has 15 nitrogen and oxygen atoms in total. The molecular formula is C18H32O15. The van der Waals surface area contributed by atoms with E-state index in [2.05, 4.69) is 0 Å². The lowest BCUT2D eigenvalue weighted by Gasteiger charge is -2.47. The van der Waals surface area contributed by atoms with E-state index in [0.29, 0.717) is 0 Å².